The second kappa shape index (κ2) is 5.87. The fourth-order valence-electron chi connectivity index (χ4n) is 1.45. The molecule has 1 heterocycles. The van der Waals surface area contributed by atoms with E-state index in [0.29, 0.717) is 0 Å². The maximum atomic E-state index is 9.04. The van der Waals surface area contributed by atoms with Gasteiger partial charge < -0.3 is 10.4 Å². The van der Waals surface area contributed by atoms with Gasteiger partial charge in [0.05, 0.1) is 6.61 Å². The second-order valence-electron chi connectivity index (χ2n) is 3.55. The topological polar surface area (TPSA) is 32.3 Å². The molecule has 0 aliphatic carbocycles. The predicted octanol–water partition coefficient (Wildman–Crippen LogP) is 4.27. The molecule has 0 fully saturated rings. The second-order valence-corrected chi connectivity index (χ2v) is 6.14. The van der Waals surface area contributed by atoms with E-state index in [0.717, 1.165) is 31.5 Å². The lowest BCUT2D eigenvalue weighted by Crippen LogP contribution is -1.97. The van der Waals surface area contributed by atoms with Gasteiger partial charge in [0.1, 0.15) is 4.34 Å². The molecule has 5 heteroatoms. The summed E-state index contributed by atoms with van der Waals surface area (Å²) in [7, 11) is 0. The van der Waals surface area contributed by atoms with E-state index in [2.05, 4.69) is 21.2 Å². The minimum absolute atomic E-state index is 0.0614. The van der Waals surface area contributed by atoms with Gasteiger partial charge in [0.25, 0.3) is 0 Å². The van der Waals surface area contributed by atoms with Crippen LogP contribution >= 0.6 is 38.9 Å². The first-order chi connectivity index (χ1) is 8.19. The first-order valence-electron chi connectivity index (χ1n) is 5.06. The SMILES string of the molecule is OCc1cccc(NCc2cc(Br)c(Cl)s2)c1. The molecule has 2 aromatic rings. The number of hydrogen-bond acceptors (Lipinski definition) is 3. The zero-order valence-corrected chi connectivity index (χ0v) is 12.1. The van der Waals surface area contributed by atoms with Gasteiger partial charge in [-0.3, -0.25) is 0 Å². The minimum Gasteiger partial charge on any atom is -0.392 e. The maximum Gasteiger partial charge on any atom is 0.107 e. The van der Waals surface area contributed by atoms with Crippen molar-refractivity contribution >= 4 is 44.6 Å². The number of halogens is 2. The molecule has 2 rings (SSSR count). The van der Waals surface area contributed by atoms with E-state index < -0.39 is 0 Å². The first kappa shape index (κ1) is 12.9. The molecule has 0 bridgehead atoms. The summed E-state index contributed by atoms with van der Waals surface area (Å²) in [4.78, 5) is 1.16. The van der Waals surface area contributed by atoms with Gasteiger partial charge in [-0.15, -0.1) is 11.3 Å². The molecule has 0 unspecified atom stereocenters. The van der Waals surface area contributed by atoms with Crippen molar-refractivity contribution < 1.29 is 5.11 Å². The molecule has 0 saturated carbocycles. The third-order valence-corrected chi connectivity index (χ3v) is 4.75. The zero-order valence-electron chi connectivity index (χ0n) is 8.91. The van der Waals surface area contributed by atoms with Crippen LogP contribution in [0.25, 0.3) is 0 Å². The number of anilines is 1. The largest absolute Gasteiger partial charge is 0.392 e. The van der Waals surface area contributed by atoms with Gasteiger partial charge >= 0.3 is 0 Å². The Morgan fingerprint density at radius 1 is 1.35 bits per heavy atom. The van der Waals surface area contributed by atoms with Gasteiger partial charge in [0.2, 0.25) is 0 Å². The Morgan fingerprint density at radius 3 is 2.82 bits per heavy atom. The van der Waals surface area contributed by atoms with E-state index in [1.54, 1.807) is 11.3 Å². The fraction of sp³-hybridized carbons (Fsp3) is 0.167. The van der Waals surface area contributed by atoms with Gasteiger partial charge in [0.15, 0.2) is 0 Å². The van der Waals surface area contributed by atoms with Crippen LogP contribution in [0.5, 0.6) is 0 Å². The van der Waals surface area contributed by atoms with Crippen molar-refractivity contribution in [3.8, 4) is 0 Å². The molecule has 0 aliphatic rings. The Bertz CT molecular complexity index is 495. The molecule has 0 atom stereocenters. The van der Waals surface area contributed by atoms with E-state index in [9.17, 15) is 0 Å². The maximum absolute atomic E-state index is 9.04. The summed E-state index contributed by atoms with van der Waals surface area (Å²) in [6.45, 7) is 0.788. The van der Waals surface area contributed by atoms with E-state index in [-0.39, 0.29) is 6.61 Å². The van der Waals surface area contributed by atoms with E-state index in [1.807, 2.05) is 30.3 Å². The van der Waals surface area contributed by atoms with Crippen LogP contribution in [0.1, 0.15) is 10.4 Å². The third-order valence-electron chi connectivity index (χ3n) is 2.27. The zero-order chi connectivity index (χ0) is 12.3. The molecule has 0 amide bonds. The van der Waals surface area contributed by atoms with Crippen molar-refractivity contribution in [1.82, 2.24) is 0 Å². The number of thiophene rings is 1. The predicted molar refractivity (Wildman–Crippen MR) is 76.7 cm³/mol. The Labute approximate surface area is 117 Å². The average molecular weight is 333 g/mol. The van der Waals surface area contributed by atoms with Gasteiger partial charge in [-0.05, 0) is 39.7 Å². The minimum atomic E-state index is 0.0614. The molecular formula is C12H11BrClNOS. The van der Waals surface area contributed by atoms with Crippen molar-refractivity contribution in [2.75, 3.05) is 5.32 Å². The Morgan fingerprint density at radius 2 is 2.18 bits per heavy atom. The molecule has 0 spiro atoms. The first-order valence-corrected chi connectivity index (χ1v) is 7.05. The lowest BCUT2D eigenvalue weighted by atomic mass is 10.2. The van der Waals surface area contributed by atoms with Gasteiger partial charge in [-0.25, -0.2) is 0 Å². The molecule has 17 heavy (non-hydrogen) atoms. The van der Waals surface area contributed by atoms with Crippen molar-refractivity contribution in [2.24, 2.45) is 0 Å². The van der Waals surface area contributed by atoms with Crippen molar-refractivity contribution in [1.29, 1.82) is 0 Å². The standard InChI is InChI=1S/C12H11BrClNOS/c13-11-5-10(17-12(11)14)6-15-9-3-1-2-8(4-9)7-16/h1-5,15-16H,6-7H2. The number of benzene rings is 1. The lowest BCUT2D eigenvalue weighted by Gasteiger charge is -2.05. The van der Waals surface area contributed by atoms with E-state index in [1.165, 1.54) is 0 Å². The van der Waals surface area contributed by atoms with Gasteiger partial charge in [0, 0.05) is 21.6 Å². The highest BCUT2D eigenvalue weighted by Gasteiger charge is 2.04. The third kappa shape index (κ3) is 3.45. The number of aliphatic hydroxyl groups is 1. The molecular weight excluding hydrogens is 322 g/mol. The highest BCUT2D eigenvalue weighted by atomic mass is 79.9. The van der Waals surface area contributed by atoms with Crippen LogP contribution in [0.4, 0.5) is 5.69 Å². The number of rotatable bonds is 4. The number of hydrogen-bond donors (Lipinski definition) is 2. The summed E-state index contributed by atoms with van der Waals surface area (Å²) >= 11 is 10.9. The van der Waals surface area contributed by atoms with E-state index >= 15 is 0 Å². The summed E-state index contributed by atoms with van der Waals surface area (Å²) in [6, 6.07) is 9.73. The summed E-state index contributed by atoms with van der Waals surface area (Å²) in [5, 5.41) is 12.3. The smallest absolute Gasteiger partial charge is 0.107 e. The summed E-state index contributed by atoms with van der Waals surface area (Å²) in [6.07, 6.45) is 0. The average Bonchev–Trinajstić information content (AvgIpc) is 2.67. The van der Waals surface area contributed by atoms with Crippen molar-refractivity contribution in [3.63, 3.8) is 0 Å². The van der Waals surface area contributed by atoms with Crippen LogP contribution in [-0.4, -0.2) is 5.11 Å². The molecule has 1 aromatic carbocycles. The highest BCUT2D eigenvalue weighted by molar-refractivity contribution is 9.10. The molecule has 0 radical (unpaired) electrons. The summed E-state index contributed by atoms with van der Waals surface area (Å²) in [5.41, 5.74) is 1.90. The lowest BCUT2D eigenvalue weighted by molar-refractivity contribution is 0.282. The van der Waals surface area contributed by atoms with Crippen LogP contribution in [0.2, 0.25) is 4.34 Å². The quantitative estimate of drug-likeness (QED) is 0.876. The summed E-state index contributed by atoms with van der Waals surface area (Å²) < 4.78 is 1.70. The van der Waals surface area contributed by atoms with Crippen LogP contribution in [-0.2, 0) is 13.2 Å². The van der Waals surface area contributed by atoms with Crippen molar-refractivity contribution in [2.45, 2.75) is 13.2 Å². The number of nitrogens with one attached hydrogen (secondary N) is 1. The van der Waals surface area contributed by atoms with Crippen LogP contribution in [0.15, 0.2) is 34.8 Å². The van der Waals surface area contributed by atoms with E-state index in [4.69, 9.17) is 16.7 Å². The van der Waals surface area contributed by atoms with Gasteiger partial charge in [-0.2, -0.15) is 0 Å². The molecule has 0 saturated heterocycles. The van der Waals surface area contributed by atoms with Crippen molar-refractivity contribution in [3.05, 3.63) is 49.6 Å². The molecule has 2 nitrogen and oxygen atoms in total. The Balaban J connectivity index is 2.01. The fourth-order valence-corrected chi connectivity index (χ4v) is 3.18. The monoisotopic (exact) mass is 331 g/mol. The molecule has 0 aliphatic heterocycles. The van der Waals surface area contributed by atoms with Gasteiger partial charge in [-0.1, -0.05) is 23.7 Å². The Kier molecular flexibility index (Phi) is 4.45. The summed E-state index contributed by atoms with van der Waals surface area (Å²) in [5.74, 6) is 0. The molecule has 2 N–H and O–H groups in total. The normalized spacial score (nSPS) is 10.5. The van der Waals surface area contributed by atoms with Crippen LogP contribution in [0, 0.1) is 0 Å². The van der Waals surface area contributed by atoms with Crippen LogP contribution < -0.4 is 5.32 Å². The number of aliphatic hydroxyl groups excluding tert-OH is 1. The molecule has 1 aromatic heterocycles. The molecule has 90 valence electrons. The highest BCUT2D eigenvalue weighted by Crippen LogP contribution is 2.32. The Hall–Kier alpha value is -0.550. The van der Waals surface area contributed by atoms with Crippen LogP contribution in [0.3, 0.4) is 0 Å².